The lowest BCUT2D eigenvalue weighted by Crippen LogP contribution is -2.34. The molecular formula is C15H23NO4. The predicted molar refractivity (Wildman–Crippen MR) is 77.1 cm³/mol. The summed E-state index contributed by atoms with van der Waals surface area (Å²) in [4.78, 5) is 13.6. The number of hydrogen-bond donors (Lipinski definition) is 1. The smallest absolute Gasteiger partial charge is 0.260 e. The number of methoxy groups -OCH3 is 1. The average Bonchev–Trinajstić information content (AvgIpc) is 2.45. The summed E-state index contributed by atoms with van der Waals surface area (Å²) in [6.45, 7) is 6.76. The summed E-state index contributed by atoms with van der Waals surface area (Å²) in [5, 5.41) is 9.72. The van der Waals surface area contributed by atoms with Gasteiger partial charge in [-0.2, -0.15) is 0 Å². The molecule has 1 amide bonds. The van der Waals surface area contributed by atoms with Gasteiger partial charge in [0.25, 0.3) is 5.91 Å². The van der Waals surface area contributed by atoms with Gasteiger partial charge in [-0.3, -0.25) is 4.79 Å². The summed E-state index contributed by atoms with van der Waals surface area (Å²) < 4.78 is 10.7. The van der Waals surface area contributed by atoms with Crippen LogP contribution in [0, 0.1) is 0 Å². The molecule has 0 aromatic heterocycles. The Morgan fingerprint density at radius 1 is 1.35 bits per heavy atom. The minimum atomic E-state index is -0.667. The summed E-state index contributed by atoms with van der Waals surface area (Å²) in [5.74, 6) is 1.02. The Balaban J connectivity index is 2.82. The van der Waals surface area contributed by atoms with Gasteiger partial charge in [-0.15, -0.1) is 0 Å². The van der Waals surface area contributed by atoms with Crippen LogP contribution < -0.4 is 9.47 Å². The quantitative estimate of drug-likeness (QED) is 0.830. The first kappa shape index (κ1) is 16.3. The van der Waals surface area contributed by atoms with Crippen LogP contribution in [0.3, 0.4) is 0 Å². The Morgan fingerprint density at radius 3 is 2.50 bits per heavy atom. The molecule has 0 bridgehead atoms. The summed E-state index contributed by atoms with van der Waals surface area (Å²) >= 11 is 0. The number of carbonyl (C=O) groups is 1. The van der Waals surface area contributed by atoms with Crippen LogP contribution in [0.25, 0.3) is 0 Å². The van der Waals surface area contributed by atoms with Gasteiger partial charge in [-0.05, 0) is 32.9 Å². The minimum absolute atomic E-state index is 0.0471. The van der Waals surface area contributed by atoms with E-state index in [1.165, 1.54) is 0 Å². The molecule has 0 aliphatic carbocycles. The molecule has 0 spiro atoms. The van der Waals surface area contributed by atoms with E-state index in [2.05, 4.69) is 0 Å². The average molecular weight is 281 g/mol. The number of carbonyl (C=O) groups excluding carboxylic acids is 1. The Hall–Kier alpha value is -1.75. The highest BCUT2D eigenvalue weighted by atomic mass is 16.5. The summed E-state index contributed by atoms with van der Waals surface area (Å²) in [7, 11) is 1.56. The maximum absolute atomic E-state index is 11.9. The number of likely N-dealkylation sites (N-methyl/N-ethyl adjacent to an activating group) is 1. The van der Waals surface area contributed by atoms with E-state index in [0.29, 0.717) is 30.2 Å². The SMILES string of the molecule is CCN(CC)C(=O)COc1cc(OC)ccc1C(C)O. The first-order chi connectivity index (χ1) is 9.53. The van der Waals surface area contributed by atoms with Crippen molar-refractivity contribution in [1.29, 1.82) is 0 Å². The van der Waals surface area contributed by atoms with Crippen molar-refractivity contribution in [1.82, 2.24) is 4.90 Å². The Morgan fingerprint density at radius 2 is 2.00 bits per heavy atom. The molecule has 1 aromatic rings. The maximum Gasteiger partial charge on any atom is 0.260 e. The zero-order valence-corrected chi connectivity index (χ0v) is 12.5. The number of ether oxygens (including phenoxy) is 2. The predicted octanol–water partition coefficient (Wildman–Crippen LogP) is 2.00. The molecule has 112 valence electrons. The molecular weight excluding hydrogens is 258 g/mol. The topological polar surface area (TPSA) is 59.0 Å². The number of benzene rings is 1. The second kappa shape index (κ2) is 7.75. The first-order valence-electron chi connectivity index (χ1n) is 6.80. The Labute approximate surface area is 120 Å². The van der Waals surface area contributed by atoms with Crippen LogP contribution in [-0.2, 0) is 4.79 Å². The van der Waals surface area contributed by atoms with Crippen molar-refractivity contribution in [3.8, 4) is 11.5 Å². The highest BCUT2D eigenvalue weighted by Gasteiger charge is 2.14. The third-order valence-corrected chi connectivity index (χ3v) is 3.14. The fourth-order valence-corrected chi connectivity index (χ4v) is 1.92. The standard InChI is InChI=1S/C15H23NO4/c1-5-16(6-2)15(18)10-20-14-9-12(19-4)7-8-13(14)11(3)17/h7-9,11,17H,5-6,10H2,1-4H3. The number of rotatable bonds is 7. The molecule has 0 saturated heterocycles. The van der Waals surface area contributed by atoms with Gasteiger partial charge in [0, 0.05) is 24.7 Å². The molecule has 0 saturated carbocycles. The van der Waals surface area contributed by atoms with E-state index in [9.17, 15) is 9.90 Å². The molecule has 20 heavy (non-hydrogen) atoms. The van der Waals surface area contributed by atoms with Crippen molar-refractivity contribution >= 4 is 5.91 Å². The molecule has 1 unspecified atom stereocenters. The van der Waals surface area contributed by atoms with Gasteiger partial charge >= 0.3 is 0 Å². The van der Waals surface area contributed by atoms with Crippen molar-refractivity contribution in [2.75, 3.05) is 26.8 Å². The van der Waals surface area contributed by atoms with E-state index in [0.717, 1.165) is 0 Å². The summed E-state index contributed by atoms with van der Waals surface area (Å²) in [6, 6.07) is 5.17. The van der Waals surface area contributed by atoms with Gasteiger partial charge in [-0.1, -0.05) is 0 Å². The lowest BCUT2D eigenvalue weighted by Gasteiger charge is -2.20. The zero-order chi connectivity index (χ0) is 15.1. The largest absolute Gasteiger partial charge is 0.497 e. The summed E-state index contributed by atoms with van der Waals surface area (Å²) in [6.07, 6.45) is -0.667. The molecule has 5 heteroatoms. The van der Waals surface area contributed by atoms with E-state index >= 15 is 0 Å². The van der Waals surface area contributed by atoms with Gasteiger partial charge in [0.05, 0.1) is 13.2 Å². The molecule has 1 N–H and O–H groups in total. The van der Waals surface area contributed by atoms with Crippen molar-refractivity contribution in [3.63, 3.8) is 0 Å². The van der Waals surface area contributed by atoms with Crippen molar-refractivity contribution in [2.45, 2.75) is 26.9 Å². The number of nitrogens with zero attached hydrogens (tertiary/aromatic N) is 1. The van der Waals surface area contributed by atoms with E-state index in [-0.39, 0.29) is 12.5 Å². The number of hydrogen-bond acceptors (Lipinski definition) is 4. The molecule has 0 fully saturated rings. The lowest BCUT2D eigenvalue weighted by atomic mass is 10.1. The molecule has 1 atom stereocenters. The van der Waals surface area contributed by atoms with Crippen LogP contribution in [0.1, 0.15) is 32.4 Å². The molecule has 1 rings (SSSR count). The van der Waals surface area contributed by atoms with Gasteiger partial charge in [-0.25, -0.2) is 0 Å². The van der Waals surface area contributed by atoms with Crippen LogP contribution >= 0.6 is 0 Å². The Kier molecular flexibility index (Phi) is 6.31. The highest BCUT2D eigenvalue weighted by Crippen LogP contribution is 2.29. The van der Waals surface area contributed by atoms with Gasteiger partial charge in [0.15, 0.2) is 6.61 Å². The normalized spacial score (nSPS) is 11.8. The van der Waals surface area contributed by atoms with Crippen molar-refractivity contribution < 1.29 is 19.4 Å². The van der Waals surface area contributed by atoms with Crippen molar-refractivity contribution in [2.24, 2.45) is 0 Å². The van der Waals surface area contributed by atoms with Crippen LogP contribution in [-0.4, -0.2) is 42.7 Å². The van der Waals surface area contributed by atoms with Gasteiger partial charge in [0.2, 0.25) is 0 Å². The van der Waals surface area contributed by atoms with E-state index in [4.69, 9.17) is 9.47 Å². The third kappa shape index (κ3) is 4.13. The number of amides is 1. The Bertz CT molecular complexity index is 441. The second-order valence-corrected chi connectivity index (χ2v) is 4.43. The van der Waals surface area contributed by atoms with Crippen LogP contribution in [0.2, 0.25) is 0 Å². The van der Waals surface area contributed by atoms with Gasteiger partial charge in [0.1, 0.15) is 11.5 Å². The van der Waals surface area contributed by atoms with E-state index in [1.54, 1.807) is 37.1 Å². The van der Waals surface area contributed by atoms with Crippen molar-refractivity contribution in [3.05, 3.63) is 23.8 Å². The molecule has 0 radical (unpaired) electrons. The first-order valence-corrected chi connectivity index (χ1v) is 6.80. The number of aliphatic hydroxyl groups excluding tert-OH is 1. The van der Waals surface area contributed by atoms with Crippen LogP contribution in [0.4, 0.5) is 0 Å². The van der Waals surface area contributed by atoms with E-state index < -0.39 is 6.10 Å². The number of aliphatic hydroxyl groups is 1. The molecule has 1 aromatic carbocycles. The van der Waals surface area contributed by atoms with Crippen LogP contribution in [0.5, 0.6) is 11.5 Å². The minimum Gasteiger partial charge on any atom is -0.497 e. The lowest BCUT2D eigenvalue weighted by molar-refractivity contribution is -0.133. The third-order valence-electron chi connectivity index (χ3n) is 3.14. The maximum atomic E-state index is 11.9. The fourth-order valence-electron chi connectivity index (χ4n) is 1.92. The fraction of sp³-hybridized carbons (Fsp3) is 0.533. The summed E-state index contributed by atoms with van der Waals surface area (Å²) in [5.41, 5.74) is 0.637. The monoisotopic (exact) mass is 281 g/mol. The van der Waals surface area contributed by atoms with Gasteiger partial charge < -0.3 is 19.5 Å². The molecule has 5 nitrogen and oxygen atoms in total. The molecule has 0 aliphatic heterocycles. The molecule has 0 aliphatic rings. The molecule has 0 heterocycles. The van der Waals surface area contributed by atoms with E-state index in [1.807, 2.05) is 13.8 Å². The highest BCUT2D eigenvalue weighted by molar-refractivity contribution is 5.77. The second-order valence-electron chi connectivity index (χ2n) is 4.43. The zero-order valence-electron chi connectivity index (χ0n) is 12.5. The van der Waals surface area contributed by atoms with Crippen LogP contribution in [0.15, 0.2) is 18.2 Å².